The van der Waals surface area contributed by atoms with Gasteiger partial charge in [-0.2, -0.15) is 0 Å². The number of hydrogen-bond acceptors (Lipinski definition) is 3. The van der Waals surface area contributed by atoms with Crippen molar-refractivity contribution in [3.05, 3.63) is 29.8 Å². The summed E-state index contributed by atoms with van der Waals surface area (Å²) in [6.45, 7) is 7.83. The number of hydrogen-bond donors (Lipinski definition) is 1. The summed E-state index contributed by atoms with van der Waals surface area (Å²) in [6, 6.07) is 8.91. The number of rotatable bonds is 9. The first-order chi connectivity index (χ1) is 9.97. The van der Waals surface area contributed by atoms with Crippen molar-refractivity contribution in [1.82, 2.24) is 10.2 Å². The second-order valence-electron chi connectivity index (χ2n) is 6.10. The van der Waals surface area contributed by atoms with Crippen molar-refractivity contribution in [3.8, 4) is 5.75 Å². The first kappa shape index (κ1) is 18.0. The largest absolute Gasteiger partial charge is 0.497 e. The number of likely N-dealkylation sites (N-methyl/N-ethyl adjacent to an activating group) is 2. The Balaban J connectivity index is 2.73. The van der Waals surface area contributed by atoms with E-state index in [1.54, 1.807) is 7.11 Å². The molecule has 1 rings (SSSR count). The molecular formula is C18H32N2O. The highest BCUT2D eigenvalue weighted by atomic mass is 16.5. The Morgan fingerprint density at radius 2 is 1.81 bits per heavy atom. The summed E-state index contributed by atoms with van der Waals surface area (Å²) in [4.78, 5) is 2.36. The summed E-state index contributed by atoms with van der Waals surface area (Å²) in [5.74, 6) is 0.925. The smallest absolute Gasteiger partial charge is 0.118 e. The molecule has 0 saturated heterocycles. The zero-order valence-corrected chi connectivity index (χ0v) is 14.6. The molecule has 21 heavy (non-hydrogen) atoms. The lowest BCUT2D eigenvalue weighted by atomic mass is 9.84. The molecule has 0 bridgehead atoms. The van der Waals surface area contributed by atoms with Crippen molar-refractivity contribution in [1.29, 1.82) is 0 Å². The highest BCUT2D eigenvalue weighted by molar-refractivity contribution is 5.27. The Kier molecular flexibility index (Phi) is 7.20. The SMILES string of the molecule is CCNC(CCc1ccc(OC)cc1)C(C)(CC)N(C)C. The minimum atomic E-state index is 0.183. The fourth-order valence-corrected chi connectivity index (χ4v) is 2.86. The molecule has 1 aromatic rings. The van der Waals surface area contributed by atoms with E-state index < -0.39 is 0 Å². The summed E-state index contributed by atoms with van der Waals surface area (Å²) >= 11 is 0. The van der Waals surface area contributed by atoms with E-state index in [2.05, 4.69) is 57.2 Å². The van der Waals surface area contributed by atoms with Gasteiger partial charge in [-0.1, -0.05) is 26.0 Å². The summed E-state index contributed by atoms with van der Waals surface area (Å²) in [5.41, 5.74) is 1.55. The summed E-state index contributed by atoms with van der Waals surface area (Å²) in [5, 5.41) is 3.68. The predicted molar refractivity (Wildman–Crippen MR) is 91.2 cm³/mol. The van der Waals surface area contributed by atoms with Crippen molar-refractivity contribution in [2.75, 3.05) is 27.7 Å². The van der Waals surface area contributed by atoms with Crippen LogP contribution >= 0.6 is 0 Å². The van der Waals surface area contributed by atoms with Gasteiger partial charge in [0.05, 0.1) is 7.11 Å². The molecule has 0 aliphatic heterocycles. The Bertz CT molecular complexity index is 402. The predicted octanol–water partition coefficient (Wildman–Crippen LogP) is 3.34. The second-order valence-corrected chi connectivity index (χ2v) is 6.10. The molecule has 1 N–H and O–H groups in total. The maximum atomic E-state index is 5.22. The number of nitrogens with zero attached hydrogens (tertiary/aromatic N) is 1. The van der Waals surface area contributed by atoms with E-state index in [9.17, 15) is 0 Å². The van der Waals surface area contributed by atoms with Crippen LogP contribution in [0.5, 0.6) is 5.75 Å². The Morgan fingerprint density at radius 3 is 2.24 bits per heavy atom. The van der Waals surface area contributed by atoms with Crippen molar-refractivity contribution < 1.29 is 4.74 Å². The molecule has 2 unspecified atom stereocenters. The first-order valence-electron chi connectivity index (χ1n) is 8.01. The lowest BCUT2D eigenvalue weighted by Crippen LogP contribution is -2.57. The zero-order chi connectivity index (χ0) is 15.9. The molecule has 0 saturated carbocycles. The molecule has 1 aromatic carbocycles. The maximum absolute atomic E-state index is 5.22. The van der Waals surface area contributed by atoms with Gasteiger partial charge in [-0.25, -0.2) is 0 Å². The van der Waals surface area contributed by atoms with Crippen LogP contribution in [0.1, 0.15) is 39.2 Å². The molecular weight excluding hydrogens is 260 g/mol. The van der Waals surface area contributed by atoms with Gasteiger partial charge < -0.3 is 15.0 Å². The molecule has 0 aromatic heterocycles. The van der Waals surface area contributed by atoms with Crippen molar-refractivity contribution in [3.63, 3.8) is 0 Å². The highest BCUT2D eigenvalue weighted by Gasteiger charge is 2.33. The third kappa shape index (κ3) is 4.72. The Labute approximate surface area is 130 Å². The van der Waals surface area contributed by atoms with Crippen LogP contribution in [0.15, 0.2) is 24.3 Å². The molecule has 0 spiro atoms. The molecule has 3 heteroatoms. The van der Waals surface area contributed by atoms with Gasteiger partial charge in [0.1, 0.15) is 5.75 Å². The van der Waals surface area contributed by atoms with Crippen LogP contribution in [0, 0.1) is 0 Å². The molecule has 0 radical (unpaired) electrons. The Morgan fingerprint density at radius 1 is 1.19 bits per heavy atom. The van der Waals surface area contributed by atoms with Crippen LogP contribution in [-0.2, 0) is 6.42 Å². The molecule has 3 nitrogen and oxygen atoms in total. The molecule has 2 atom stereocenters. The second kappa shape index (κ2) is 8.40. The summed E-state index contributed by atoms with van der Waals surface area (Å²) in [6.07, 6.45) is 3.37. The van der Waals surface area contributed by atoms with Gasteiger partial charge in [0.25, 0.3) is 0 Å². The molecule has 0 aliphatic rings. The number of aryl methyl sites for hydroxylation is 1. The summed E-state index contributed by atoms with van der Waals surface area (Å²) < 4.78 is 5.22. The number of nitrogens with one attached hydrogen (secondary N) is 1. The first-order valence-corrected chi connectivity index (χ1v) is 8.01. The highest BCUT2D eigenvalue weighted by Crippen LogP contribution is 2.25. The normalized spacial score (nSPS) is 15.8. The van der Waals surface area contributed by atoms with Crippen molar-refractivity contribution in [2.24, 2.45) is 0 Å². The molecule has 0 fully saturated rings. The maximum Gasteiger partial charge on any atom is 0.118 e. The average Bonchev–Trinajstić information content (AvgIpc) is 2.50. The van der Waals surface area contributed by atoms with Crippen LogP contribution in [-0.4, -0.2) is 44.2 Å². The van der Waals surface area contributed by atoms with Gasteiger partial charge in [-0.3, -0.25) is 0 Å². The van der Waals surface area contributed by atoms with E-state index in [1.807, 2.05) is 12.1 Å². The van der Waals surface area contributed by atoms with Crippen LogP contribution < -0.4 is 10.1 Å². The fraction of sp³-hybridized carbons (Fsp3) is 0.667. The lowest BCUT2D eigenvalue weighted by molar-refractivity contribution is 0.109. The van der Waals surface area contributed by atoms with E-state index in [-0.39, 0.29) is 5.54 Å². The van der Waals surface area contributed by atoms with E-state index in [0.29, 0.717) is 6.04 Å². The number of benzene rings is 1. The third-order valence-electron chi connectivity index (χ3n) is 4.82. The van der Waals surface area contributed by atoms with Crippen molar-refractivity contribution >= 4 is 0 Å². The Hall–Kier alpha value is -1.06. The van der Waals surface area contributed by atoms with Gasteiger partial charge >= 0.3 is 0 Å². The minimum Gasteiger partial charge on any atom is -0.497 e. The van der Waals surface area contributed by atoms with Gasteiger partial charge in [0.15, 0.2) is 0 Å². The fourth-order valence-electron chi connectivity index (χ4n) is 2.86. The van der Waals surface area contributed by atoms with E-state index in [4.69, 9.17) is 4.74 Å². The quantitative estimate of drug-likeness (QED) is 0.755. The molecule has 120 valence electrons. The standard InChI is InChI=1S/C18H32N2O/c1-7-18(3,20(4)5)17(19-8-2)14-11-15-9-12-16(21-6)13-10-15/h9-10,12-13,17,19H,7-8,11,14H2,1-6H3. The van der Waals surface area contributed by atoms with Gasteiger partial charge in [-0.05, 0) is 64.5 Å². The minimum absolute atomic E-state index is 0.183. The summed E-state index contributed by atoms with van der Waals surface area (Å²) in [7, 11) is 6.07. The zero-order valence-electron chi connectivity index (χ0n) is 14.6. The molecule has 0 heterocycles. The van der Waals surface area contributed by atoms with Crippen LogP contribution in [0.4, 0.5) is 0 Å². The van der Waals surface area contributed by atoms with Crippen LogP contribution in [0.25, 0.3) is 0 Å². The number of ether oxygens (including phenoxy) is 1. The van der Waals surface area contributed by atoms with E-state index in [1.165, 1.54) is 5.56 Å². The monoisotopic (exact) mass is 292 g/mol. The number of methoxy groups -OCH3 is 1. The molecule has 0 aliphatic carbocycles. The van der Waals surface area contributed by atoms with Crippen LogP contribution in [0.3, 0.4) is 0 Å². The molecule has 0 amide bonds. The third-order valence-corrected chi connectivity index (χ3v) is 4.82. The van der Waals surface area contributed by atoms with Crippen molar-refractivity contribution in [2.45, 2.75) is 51.6 Å². The van der Waals surface area contributed by atoms with Gasteiger partial charge in [0.2, 0.25) is 0 Å². The van der Waals surface area contributed by atoms with Gasteiger partial charge in [-0.15, -0.1) is 0 Å². The topological polar surface area (TPSA) is 24.5 Å². The lowest BCUT2D eigenvalue weighted by Gasteiger charge is -2.43. The van der Waals surface area contributed by atoms with Crippen LogP contribution in [0.2, 0.25) is 0 Å². The average molecular weight is 292 g/mol. The van der Waals surface area contributed by atoms with E-state index >= 15 is 0 Å². The van der Waals surface area contributed by atoms with E-state index in [0.717, 1.165) is 31.6 Å². The van der Waals surface area contributed by atoms with Gasteiger partial charge in [0, 0.05) is 11.6 Å².